The second-order valence-corrected chi connectivity index (χ2v) is 3.66. The van der Waals surface area contributed by atoms with Crippen LogP contribution in [0.25, 0.3) is 0 Å². The van der Waals surface area contributed by atoms with E-state index in [-0.39, 0.29) is 5.69 Å². The Bertz CT molecular complexity index is 434. The minimum absolute atomic E-state index is 0.207. The Kier molecular flexibility index (Phi) is 2.28. The molecule has 2 heterocycles. The van der Waals surface area contributed by atoms with E-state index in [4.69, 9.17) is 5.73 Å². The molecule has 0 aliphatic heterocycles. The zero-order valence-electron chi connectivity index (χ0n) is 7.15. The summed E-state index contributed by atoms with van der Waals surface area (Å²) in [6, 6.07) is 3.75. The van der Waals surface area contributed by atoms with Gasteiger partial charge in [-0.3, -0.25) is 9.89 Å². The summed E-state index contributed by atoms with van der Waals surface area (Å²) >= 11 is 1.49. The summed E-state index contributed by atoms with van der Waals surface area (Å²) < 4.78 is 0. The first-order chi connectivity index (χ1) is 6.77. The third-order valence-electron chi connectivity index (χ3n) is 1.73. The lowest BCUT2D eigenvalue weighted by molar-refractivity contribution is 0.0995. The average molecular weight is 207 g/mol. The Morgan fingerprint density at radius 2 is 2.57 bits per heavy atom. The summed E-state index contributed by atoms with van der Waals surface area (Å²) in [6.45, 7) is 0. The van der Waals surface area contributed by atoms with E-state index in [1.165, 1.54) is 11.3 Å². The van der Waals surface area contributed by atoms with Crippen LogP contribution in [-0.2, 0) is 6.42 Å². The number of aromatic nitrogens is 3. The maximum atomic E-state index is 10.9. The van der Waals surface area contributed by atoms with Gasteiger partial charge in [0.2, 0.25) is 0 Å². The molecule has 2 aromatic rings. The van der Waals surface area contributed by atoms with Crippen LogP contribution in [0.4, 0.5) is 0 Å². The van der Waals surface area contributed by atoms with Gasteiger partial charge < -0.3 is 5.73 Å². The predicted octanol–water partition coefficient (Wildman–Crippen LogP) is 0.356. The number of nitrogens with two attached hydrogens (primary N) is 1. The second-order valence-electron chi connectivity index (χ2n) is 2.70. The zero-order chi connectivity index (χ0) is 9.97. The van der Waals surface area contributed by atoms with Crippen LogP contribution in [0.3, 0.4) is 0 Å². The number of carbonyl (C=O) groups is 1. The van der Waals surface area contributed by atoms with Crippen molar-refractivity contribution in [2.75, 3.05) is 0 Å². The van der Waals surface area contributed by atoms with Crippen LogP contribution in [0.5, 0.6) is 0 Å². The van der Waals surface area contributed by atoms with Crippen molar-refractivity contribution in [2.24, 2.45) is 5.73 Å². The van der Waals surface area contributed by atoms with Crippen molar-refractivity contribution in [1.82, 2.24) is 15.4 Å². The fourth-order valence-corrected chi connectivity index (χ4v) is 1.75. The molecule has 0 saturated heterocycles. The average Bonchev–Trinajstić information content (AvgIpc) is 2.75. The number of primary amides is 1. The zero-order valence-corrected chi connectivity index (χ0v) is 7.97. The van der Waals surface area contributed by atoms with E-state index in [1.54, 1.807) is 0 Å². The van der Waals surface area contributed by atoms with E-state index in [2.05, 4.69) is 20.8 Å². The Hall–Kier alpha value is -1.69. The molecule has 2 aromatic heterocycles. The molecule has 0 saturated carbocycles. The largest absolute Gasteiger partial charge is 0.364 e. The smallest absolute Gasteiger partial charge is 0.271 e. The second kappa shape index (κ2) is 3.59. The minimum atomic E-state index is -0.561. The summed E-state index contributed by atoms with van der Waals surface area (Å²) in [7, 11) is 0. The molecule has 0 unspecified atom stereocenters. The summed E-state index contributed by atoms with van der Waals surface area (Å²) in [5.41, 5.74) is 5.98. The normalized spacial score (nSPS) is 10.3. The number of hydrogen-bond acceptors (Lipinski definition) is 4. The van der Waals surface area contributed by atoms with Gasteiger partial charge in [-0.05, 0) is 12.1 Å². The highest BCUT2D eigenvalue weighted by Gasteiger charge is 2.12. The maximum absolute atomic E-state index is 10.9. The molecule has 3 N–H and O–H groups in total. The SMILES string of the molecule is NC(=O)c1nn[nH]c1Cc1cc[c]s1. The first-order valence-corrected chi connectivity index (χ1v) is 4.73. The van der Waals surface area contributed by atoms with Crippen LogP contribution in [-0.4, -0.2) is 21.3 Å². The lowest BCUT2D eigenvalue weighted by Crippen LogP contribution is -2.14. The molecular formula is C8H7N4OS. The van der Waals surface area contributed by atoms with Crippen LogP contribution >= 0.6 is 11.3 Å². The Labute approximate surface area is 83.9 Å². The van der Waals surface area contributed by atoms with Crippen LogP contribution in [0.2, 0.25) is 0 Å². The highest BCUT2D eigenvalue weighted by molar-refractivity contribution is 7.09. The van der Waals surface area contributed by atoms with Crippen LogP contribution in [0.15, 0.2) is 12.1 Å². The van der Waals surface area contributed by atoms with E-state index < -0.39 is 5.91 Å². The maximum Gasteiger partial charge on any atom is 0.271 e. The molecule has 2 rings (SSSR count). The fraction of sp³-hybridized carbons (Fsp3) is 0.125. The number of H-pyrrole nitrogens is 1. The first kappa shape index (κ1) is 8.89. The Morgan fingerprint density at radius 1 is 1.71 bits per heavy atom. The molecule has 71 valence electrons. The van der Waals surface area contributed by atoms with Gasteiger partial charge in [0.15, 0.2) is 5.69 Å². The molecule has 0 atom stereocenters. The van der Waals surface area contributed by atoms with Crippen molar-refractivity contribution in [2.45, 2.75) is 6.42 Å². The van der Waals surface area contributed by atoms with Gasteiger partial charge >= 0.3 is 0 Å². The van der Waals surface area contributed by atoms with Gasteiger partial charge in [0.05, 0.1) is 5.69 Å². The molecular weight excluding hydrogens is 200 g/mol. The van der Waals surface area contributed by atoms with Crippen LogP contribution in [0, 0.1) is 5.38 Å². The molecule has 5 nitrogen and oxygen atoms in total. The number of nitrogens with one attached hydrogen (secondary N) is 1. The number of amides is 1. The van der Waals surface area contributed by atoms with E-state index >= 15 is 0 Å². The molecule has 1 amide bonds. The van der Waals surface area contributed by atoms with Crippen LogP contribution < -0.4 is 5.73 Å². The van der Waals surface area contributed by atoms with Gasteiger partial charge in [-0.2, -0.15) is 0 Å². The van der Waals surface area contributed by atoms with E-state index in [0.717, 1.165) is 4.88 Å². The van der Waals surface area contributed by atoms with Crippen molar-refractivity contribution in [3.8, 4) is 0 Å². The number of thiophene rings is 1. The number of rotatable bonds is 3. The Morgan fingerprint density at radius 3 is 3.21 bits per heavy atom. The first-order valence-electron chi connectivity index (χ1n) is 3.92. The van der Waals surface area contributed by atoms with Crippen molar-refractivity contribution < 1.29 is 4.79 Å². The Balaban J connectivity index is 2.25. The third kappa shape index (κ3) is 1.64. The number of hydrogen-bond donors (Lipinski definition) is 2. The highest BCUT2D eigenvalue weighted by atomic mass is 32.1. The van der Waals surface area contributed by atoms with Crippen LogP contribution in [0.1, 0.15) is 21.1 Å². The summed E-state index contributed by atoms with van der Waals surface area (Å²) in [5, 5.41) is 12.8. The quantitative estimate of drug-likeness (QED) is 0.761. The molecule has 14 heavy (non-hydrogen) atoms. The van der Waals surface area contributed by atoms with Crippen molar-refractivity contribution in [3.63, 3.8) is 0 Å². The standard InChI is InChI=1S/C8H7N4OS/c9-8(13)7-6(10-12-11-7)4-5-2-1-3-14-5/h1-2H,4H2,(H2,9,13)(H,10,11,12). The minimum Gasteiger partial charge on any atom is -0.364 e. The summed E-state index contributed by atoms with van der Waals surface area (Å²) in [5.74, 6) is -0.561. The molecule has 6 heteroatoms. The lowest BCUT2D eigenvalue weighted by atomic mass is 10.2. The van der Waals surface area contributed by atoms with Gasteiger partial charge in [-0.15, -0.1) is 16.4 Å². The molecule has 0 aliphatic rings. The van der Waals surface area contributed by atoms with E-state index in [1.807, 2.05) is 12.1 Å². The van der Waals surface area contributed by atoms with E-state index in [0.29, 0.717) is 12.1 Å². The van der Waals surface area contributed by atoms with Gasteiger partial charge in [-0.1, -0.05) is 5.21 Å². The van der Waals surface area contributed by atoms with Crippen molar-refractivity contribution in [3.05, 3.63) is 33.8 Å². The number of aromatic amines is 1. The molecule has 0 fully saturated rings. The summed E-state index contributed by atoms with van der Waals surface area (Å²) in [4.78, 5) is 12.0. The predicted molar refractivity (Wildman–Crippen MR) is 50.9 cm³/mol. The van der Waals surface area contributed by atoms with Gasteiger partial charge in [0.1, 0.15) is 0 Å². The molecule has 0 spiro atoms. The molecule has 0 bridgehead atoms. The van der Waals surface area contributed by atoms with Crippen molar-refractivity contribution in [1.29, 1.82) is 0 Å². The van der Waals surface area contributed by atoms with Gasteiger partial charge in [0, 0.05) is 16.7 Å². The third-order valence-corrected chi connectivity index (χ3v) is 2.53. The molecule has 0 aromatic carbocycles. The number of carbonyl (C=O) groups excluding carboxylic acids is 1. The van der Waals surface area contributed by atoms with E-state index in [9.17, 15) is 4.79 Å². The van der Waals surface area contributed by atoms with Gasteiger partial charge in [-0.25, -0.2) is 0 Å². The molecule has 0 aliphatic carbocycles. The monoisotopic (exact) mass is 207 g/mol. The fourth-order valence-electron chi connectivity index (χ4n) is 1.11. The van der Waals surface area contributed by atoms with Gasteiger partial charge in [0.25, 0.3) is 5.91 Å². The van der Waals surface area contributed by atoms with Crippen molar-refractivity contribution >= 4 is 17.2 Å². The summed E-state index contributed by atoms with van der Waals surface area (Å²) in [6.07, 6.45) is 0.583. The molecule has 1 radical (unpaired) electrons. The highest BCUT2D eigenvalue weighted by Crippen LogP contribution is 2.13. The topological polar surface area (TPSA) is 84.7 Å². The lowest BCUT2D eigenvalue weighted by Gasteiger charge is -1.94. The number of nitrogens with zero attached hydrogens (tertiary/aromatic N) is 2.